The number of hydrogen-bond acceptors (Lipinski definition) is 6. The highest BCUT2D eigenvalue weighted by molar-refractivity contribution is 7.92. The van der Waals surface area contributed by atoms with E-state index in [4.69, 9.17) is 16.3 Å². The zero-order valence-electron chi connectivity index (χ0n) is 20.6. The predicted molar refractivity (Wildman–Crippen MR) is 146 cm³/mol. The van der Waals surface area contributed by atoms with Gasteiger partial charge in [0, 0.05) is 0 Å². The zero-order valence-corrected chi connectivity index (χ0v) is 22.1. The van der Waals surface area contributed by atoms with Gasteiger partial charge in [-0.15, -0.1) is 0 Å². The molecule has 0 radical (unpaired) electrons. The van der Waals surface area contributed by atoms with Crippen LogP contribution in [0.1, 0.15) is 16.7 Å². The number of para-hydroxylation sites is 1. The predicted octanol–water partition coefficient (Wildman–Crippen LogP) is 3.89. The fourth-order valence-electron chi connectivity index (χ4n) is 3.39. The summed E-state index contributed by atoms with van der Waals surface area (Å²) < 4.78 is 31.1. The SMILES string of the molecule is Cc1cc(C)cc(N(CC(=O)N/N=C\c2ccc(OCC(=O)Nc3ccccc3Cl)cc2)S(C)(=O)=O)c1. The minimum atomic E-state index is -3.69. The second kappa shape index (κ2) is 12.4. The third kappa shape index (κ3) is 8.62. The molecular formula is C26H27ClN4O5S. The third-order valence-electron chi connectivity index (χ3n) is 4.98. The van der Waals surface area contributed by atoms with E-state index in [0.29, 0.717) is 27.7 Å². The first-order valence-corrected chi connectivity index (χ1v) is 13.4. The van der Waals surface area contributed by atoms with Gasteiger partial charge in [0.1, 0.15) is 12.3 Å². The number of carbonyl (C=O) groups excluding carboxylic acids is 2. The fourth-order valence-corrected chi connectivity index (χ4v) is 4.41. The van der Waals surface area contributed by atoms with Crippen molar-refractivity contribution >= 4 is 51.0 Å². The van der Waals surface area contributed by atoms with Crippen molar-refractivity contribution in [2.75, 3.05) is 29.0 Å². The molecule has 194 valence electrons. The summed E-state index contributed by atoms with van der Waals surface area (Å²) in [6.45, 7) is 3.09. The average molecular weight is 543 g/mol. The molecular weight excluding hydrogens is 516 g/mol. The molecule has 0 aliphatic rings. The number of hydrogen-bond donors (Lipinski definition) is 2. The highest BCUT2D eigenvalue weighted by Crippen LogP contribution is 2.22. The van der Waals surface area contributed by atoms with Gasteiger partial charge < -0.3 is 10.1 Å². The fraction of sp³-hybridized carbons (Fsp3) is 0.192. The van der Waals surface area contributed by atoms with E-state index < -0.39 is 22.5 Å². The number of anilines is 2. The number of carbonyl (C=O) groups is 2. The minimum Gasteiger partial charge on any atom is -0.484 e. The molecule has 0 aromatic heterocycles. The first-order valence-electron chi connectivity index (χ1n) is 11.2. The number of hydrazone groups is 1. The number of nitrogens with one attached hydrogen (secondary N) is 2. The summed E-state index contributed by atoms with van der Waals surface area (Å²) in [6.07, 6.45) is 2.46. The molecule has 0 saturated heterocycles. The van der Waals surface area contributed by atoms with E-state index in [1.54, 1.807) is 60.7 Å². The normalized spacial score (nSPS) is 11.2. The van der Waals surface area contributed by atoms with Gasteiger partial charge in [-0.3, -0.25) is 13.9 Å². The standard InChI is InChI=1S/C26H27ClN4O5S/c1-18-12-19(2)14-21(13-18)31(37(3,34)35)16-25(32)30-28-15-20-8-10-22(11-9-20)36-17-26(33)29-24-7-5-4-6-23(24)27/h4-15H,16-17H2,1-3H3,(H,29,33)(H,30,32)/b28-15-. The Labute approximate surface area is 221 Å². The molecule has 0 atom stereocenters. The van der Waals surface area contributed by atoms with Crippen LogP contribution >= 0.6 is 11.6 Å². The lowest BCUT2D eigenvalue weighted by Gasteiger charge is -2.22. The number of benzene rings is 3. The molecule has 11 heteroatoms. The smallest absolute Gasteiger partial charge is 0.262 e. The maximum Gasteiger partial charge on any atom is 0.262 e. The Morgan fingerprint density at radius 1 is 1.00 bits per heavy atom. The highest BCUT2D eigenvalue weighted by Gasteiger charge is 2.21. The third-order valence-corrected chi connectivity index (χ3v) is 6.45. The Balaban J connectivity index is 1.52. The first-order chi connectivity index (χ1) is 17.5. The van der Waals surface area contributed by atoms with Gasteiger partial charge >= 0.3 is 0 Å². The van der Waals surface area contributed by atoms with E-state index in [1.165, 1.54) is 6.21 Å². The number of halogens is 1. The van der Waals surface area contributed by atoms with Crippen molar-refractivity contribution in [2.45, 2.75) is 13.8 Å². The van der Waals surface area contributed by atoms with Crippen LogP contribution in [0.15, 0.2) is 71.8 Å². The van der Waals surface area contributed by atoms with Crippen LogP contribution in [0.25, 0.3) is 0 Å². The number of amides is 2. The van der Waals surface area contributed by atoms with E-state index in [0.717, 1.165) is 21.7 Å². The molecule has 9 nitrogen and oxygen atoms in total. The summed E-state index contributed by atoms with van der Waals surface area (Å²) in [5.41, 5.74) is 5.68. The topological polar surface area (TPSA) is 117 Å². The zero-order chi connectivity index (χ0) is 27.0. The van der Waals surface area contributed by atoms with Gasteiger partial charge in [0.2, 0.25) is 10.0 Å². The molecule has 0 bridgehead atoms. The summed E-state index contributed by atoms with van der Waals surface area (Å²) in [5, 5.41) is 7.00. The molecule has 3 aromatic carbocycles. The average Bonchev–Trinajstić information content (AvgIpc) is 2.82. The number of nitrogens with zero attached hydrogens (tertiary/aromatic N) is 2. The Bertz CT molecular complexity index is 1390. The lowest BCUT2D eigenvalue weighted by atomic mass is 10.1. The van der Waals surface area contributed by atoms with Crippen molar-refractivity contribution in [3.05, 3.63) is 88.4 Å². The van der Waals surface area contributed by atoms with Crippen molar-refractivity contribution < 1.29 is 22.7 Å². The van der Waals surface area contributed by atoms with E-state index >= 15 is 0 Å². The number of sulfonamides is 1. The van der Waals surface area contributed by atoms with Gasteiger partial charge in [0.05, 0.1) is 28.9 Å². The molecule has 37 heavy (non-hydrogen) atoms. The van der Waals surface area contributed by atoms with Crippen LogP contribution in [0, 0.1) is 13.8 Å². The molecule has 0 saturated carbocycles. The van der Waals surface area contributed by atoms with Gasteiger partial charge in [0.15, 0.2) is 6.61 Å². The second-order valence-corrected chi connectivity index (χ2v) is 10.6. The molecule has 2 N–H and O–H groups in total. The highest BCUT2D eigenvalue weighted by atomic mass is 35.5. The number of ether oxygens (including phenoxy) is 1. The van der Waals surface area contributed by atoms with Crippen LogP contribution in [0.5, 0.6) is 5.75 Å². The van der Waals surface area contributed by atoms with Gasteiger partial charge in [-0.05, 0) is 79.1 Å². The maximum atomic E-state index is 12.4. The molecule has 0 spiro atoms. The summed E-state index contributed by atoms with van der Waals surface area (Å²) in [6, 6.07) is 18.9. The van der Waals surface area contributed by atoms with Crippen LogP contribution in [0.4, 0.5) is 11.4 Å². The Kier molecular flexibility index (Phi) is 9.26. The minimum absolute atomic E-state index is 0.202. The molecule has 0 heterocycles. The van der Waals surface area contributed by atoms with Crippen molar-refractivity contribution in [3.8, 4) is 5.75 Å². The lowest BCUT2D eigenvalue weighted by Crippen LogP contribution is -2.39. The van der Waals surface area contributed by atoms with Crippen molar-refractivity contribution in [2.24, 2.45) is 5.10 Å². The van der Waals surface area contributed by atoms with Crippen LogP contribution in [0.3, 0.4) is 0 Å². The number of rotatable bonds is 10. The monoisotopic (exact) mass is 542 g/mol. The van der Waals surface area contributed by atoms with Gasteiger partial charge in [-0.1, -0.05) is 29.8 Å². The largest absolute Gasteiger partial charge is 0.484 e. The maximum absolute atomic E-state index is 12.4. The summed E-state index contributed by atoms with van der Waals surface area (Å²) in [5.74, 6) is -0.483. The second-order valence-electron chi connectivity index (χ2n) is 8.29. The molecule has 2 amide bonds. The molecule has 0 unspecified atom stereocenters. The first kappa shape index (κ1) is 27.7. The van der Waals surface area contributed by atoms with Crippen LogP contribution in [-0.4, -0.2) is 45.9 Å². The van der Waals surface area contributed by atoms with Gasteiger partial charge in [-0.25, -0.2) is 13.8 Å². The molecule has 0 aliphatic carbocycles. The number of aryl methyl sites for hydroxylation is 2. The molecule has 0 aliphatic heterocycles. The molecule has 3 aromatic rings. The Morgan fingerprint density at radius 3 is 2.27 bits per heavy atom. The van der Waals surface area contributed by atoms with E-state index in [9.17, 15) is 18.0 Å². The van der Waals surface area contributed by atoms with E-state index in [-0.39, 0.29) is 12.5 Å². The lowest BCUT2D eigenvalue weighted by molar-refractivity contribution is -0.119. The van der Waals surface area contributed by atoms with Crippen LogP contribution in [0.2, 0.25) is 5.02 Å². The van der Waals surface area contributed by atoms with Crippen molar-refractivity contribution in [1.29, 1.82) is 0 Å². The molecule has 0 fully saturated rings. The summed E-state index contributed by atoms with van der Waals surface area (Å²) in [7, 11) is -3.69. The van der Waals surface area contributed by atoms with Gasteiger partial charge in [0.25, 0.3) is 11.8 Å². The van der Waals surface area contributed by atoms with Crippen molar-refractivity contribution in [3.63, 3.8) is 0 Å². The van der Waals surface area contributed by atoms with Crippen LogP contribution in [-0.2, 0) is 19.6 Å². The van der Waals surface area contributed by atoms with Crippen molar-refractivity contribution in [1.82, 2.24) is 5.43 Å². The molecule has 3 rings (SSSR count). The van der Waals surface area contributed by atoms with E-state index in [2.05, 4.69) is 15.8 Å². The quantitative estimate of drug-likeness (QED) is 0.298. The Hall–Kier alpha value is -3.89. The summed E-state index contributed by atoms with van der Waals surface area (Å²) in [4.78, 5) is 24.5. The van der Waals surface area contributed by atoms with Crippen LogP contribution < -0.4 is 19.8 Å². The summed E-state index contributed by atoms with van der Waals surface area (Å²) >= 11 is 6.02. The Morgan fingerprint density at radius 2 is 1.65 bits per heavy atom. The van der Waals surface area contributed by atoms with E-state index in [1.807, 2.05) is 19.9 Å². The van der Waals surface area contributed by atoms with Gasteiger partial charge in [-0.2, -0.15) is 5.10 Å².